The van der Waals surface area contributed by atoms with Crippen molar-refractivity contribution in [1.29, 1.82) is 0 Å². The monoisotopic (exact) mass is 358 g/mol. The van der Waals surface area contributed by atoms with E-state index in [1.165, 1.54) is 5.56 Å². The number of amides is 1. The lowest BCUT2D eigenvalue weighted by molar-refractivity contribution is -0.137. The summed E-state index contributed by atoms with van der Waals surface area (Å²) in [5, 5.41) is 0. The summed E-state index contributed by atoms with van der Waals surface area (Å²) in [5.74, 6) is 1.75. The molecule has 3 rings (SSSR count). The average Bonchev–Trinajstić information content (AvgIpc) is 3.14. The number of aromatic nitrogens is 1. The fourth-order valence-electron chi connectivity index (χ4n) is 3.19. The van der Waals surface area contributed by atoms with Crippen LogP contribution in [0.4, 0.5) is 0 Å². The van der Waals surface area contributed by atoms with Gasteiger partial charge in [-0.25, -0.2) is 4.98 Å². The van der Waals surface area contributed by atoms with Crippen molar-refractivity contribution in [2.75, 3.05) is 40.0 Å². The molecule has 0 saturated carbocycles. The van der Waals surface area contributed by atoms with E-state index in [2.05, 4.69) is 17.1 Å². The largest absolute Gasteiger partial charge is 0.445 e. The molecule has 140 valence electrons. The van der Waals surface area contributed by atoms with E-state index in [1.54, 1.807) is 13.3 Å². The van der Waals surface area contributed by atoms with Crippen molar-refractivity contribution in [2.45, 2.75) is 25.2 Å². The second kappa shape index (κ2) is 9.50. The number of oxazole rings is 1. The maximum absolute atomic E-state index is 12.3. The summed E-state index contributed by atoms with van der Waals surface area (Å²) in [7, 11) is 1.61. The van der Waals surface area contributed by atoms with Crippen LogP contribution in [0.1, 0.15) is 36.0 Å². The molecule has 0 aliphatic carbocycles. The highest BCUT2D eigenvalue weighted by atomic mass is 16.5. The van der Waals surface area contributed by atoms with E-state index >= 15 is 0 Å². The van der Waals surface area contributed by atoms with E-state index in [9.17, 15) is 4.79 Å². The first-order valence-electron chi connectivity index (χ1n) is 9.09. The predicted octanol–water partition coefficient (Wildman–Crippen LogP) is 2.63. The van der Waals surface area contributed by atoms with Crippen molar-refractivity contribution in [1.82, 2.24) is 9.88 Å². The van der Waals surface area contributed by atoms with Crippen LogP contribution in [0.3, 0.4) is 0 Å². The lowest BCUT2D eigenvalue weighted by Gasteiger charge is -2.31. The fraction of sp³-hybridized carbons (Fsp3) is 0.500. The summed E-state index contributed by atoms with van der Waals surface area (Å²) in [4.78, 5) is 18.6. The molecular formula is C20H26N2O4. The lowest BCUT2D eigenvalue weighted by atomic mass is 9.98. The number of rotatable bonds is 8. The van der Waals surface area contributed by atoms with Crippen molar-refractivity contribution in [3.05, 3.63) is 53.7 Å². The number of hydrogen-bond acceptors (Lipinski definition) is 5. The van der Waals surface area contributed by atoms with E-state index in [4.69, 9.17) is 13.9 Å². The van der Waals surface area contributed by atoms with Gasteiger partial charge in [-0.05, 0) is 18.4 Å². The van der Waals surface area contributed by atoms with Gasteiger partial charge in [0, 0.05) is 26.6 Å². The first kappa shape index (κ1) is 18.6. The quantitative estimate of drug-likeness (QED) is 0.679. The predicted molar refractivity (Wildman–Crippen MR) is 97.0 cm³/mol. The second-order valence-corrected chi connectivity index (χ2v) is 6.55. The van der Waals surface area contributed by atoms with Crippen molar-refractivity contribution < 1.29 is 18.7 Å². The first-order valence-corrected chi connectivity index (χ1v) is 9.09. The van der Waals surface area contributed by atoms with Gasteiger partial charge >= 0.3 is 0 Å². The molecule has 6 nitrogen and oxygen atoms in total. The van der Waals surface area contributed by atoms with E-state index in [0.717, 1.165) is 37.5 Å². The van der Waals surface area contributed by atoms with Gasteiger partial charge in [-0.2, -0.15) is 0 Å². The number of carbonyl (C=O) groups excluding carboxylic acids is 1. The minimum Gasteiger partial charge on any atom is -0.445 e. The fourth-order valence-corrected chi connectivity index (χ4v) is 3.19. The summed E-state index contributed by atoms with van der Waals surface area (Å²) in [5.41, 5.74) is 1.20. The zero-order valence-corrected chi connectivity index (χ0v) is 15.2. The minimum absolute atomic E-state index is 0.0156. The third-order valence-corrected chi connectivity index (χ3v) is 4.57. The number of hydrogen-bond donors (Lipinski definition) is 0. The normalized spacial score (nSPS) is 17.4. The SMILES string of the molecule is COCCOCC(=O)N1CCC[C@H](c2ncc(Cc3ccccc3)o2)C1. The van der Waals surface area contributed by atoms with Crippen LogP contribution >= 0.6 is 0 Å². The van der Waals surface area contributed by atoms with Crippen molar-refractivity contribution in [2.24, 2.45) is 0 Å². The molecule has 1 amide bonds. The summed E-state index contributed by atoms with van der Waals surface area (Å²) >= 11 is 0. The highest BCUT2D eigenvalue weighted by molar-refractivity contribution is 5.77. The third kappa shape index (κ3) is 5.16. The molecule has 0 bridgehead atoms. The summed E-state index contributed by atoms with van der Waals surface area (Å²) in [6.45, 7) is 2.43. The summed E-state index contributed by atoms with van der Waals surface area (Å²) in [6.07, 6.45) is 4.47. The zero-order chi connectivity index (χ0) is 18.2. The highest BCUT2D eigenvalue weighted by Crippen LogP contribution is 2.27. The standard InChI is InChI=1S/C20H26N2O4/c1-24-10-11-25-15-19(23)22-9-5-8-17(14-22)20-21-13-18(26-20)12-16-6-3-2-4-7-16/h2-4,6-7,13,17H,5,8-12,14-15H2,1H3/t17-/m0/s1. The van der Waals surface area contributed by atoms with Crippen LogP contribution in [0.2, 0.25) is 0 Å². The molecule has 2 aromatic rings. The van der Waals surface area contributed by atoms with Gasteiger partial charge in [0.1, 0.15) is 12.4 Å². The van der Waals surface area contributed by atoms with Gasteiger partial charge < -0.3 is 18.8 Å². The van der Waals surface area contributed by atoms with Gasteiger partial charge in [0.05, 0.1) is 25.3 Å². The summed E-state index contributed by atoms with van der Waals surface area (Å²) in [6, 6.07) is 10.2. The number of benzene rings is 1. The molecule has 1 aromatic carbocycles. The van der Waals surface area contributed by atoms with Gasteiger partial charge in [0.25, 0.3) is 0 Å². The molecule has 6 heteroatoms. The molecule has 1 fully saturated rings. The topological polar surface area (TPSA) is 64.8 Å². The van der Waals surface area contributed by atoms with E-state index < -0.39 is 0 Å². The molecule has 0 unspecified atom stereocenters. The van der Waals surface area contributed by atoms with Crippen LogP contribution in [-0.4, -0.2) is 55.8 Å². The number of carbonyl (C=O) groups is 1. The Balaban J connectivity index is 1.53. The van der Waals surface area contributed by atoms with Crippen LogP contribution in [-0.2, 0) is 20.7 Å². The van der Waals surface area contributed by atoms with Crippen LogP contribution in [0.5, 0.6) is 0 Å². The van der Waals surface area contributed by atoms with E-state index in [0.29, 0.717) is 19.8 Å². The van der Waals surface area contributed by atoms with Crippen molar-refractivity contribution in [3.8, 4) is 0 Å². The van der Waals surface area contributed by atoms with Crippen molar-refractivity contribution >= 4 is 5.91 Å². The zero-order valence-electron chi connectivity index (χ0n) is 15.2. The van der Waals surface area contributed by atoms with Crippen molar-refractivity contribution in [3.63, 3.8) is 0 Å². The Morgan fingerprint density at radius 1 is 1.31 bits per heavy atom. The van der Waals surface area contributed by atoms with Gasteiger partial charge in [-0.15, -0.1) is 0 Å². The molecule has 0 radical (unpaired) electrons. The van der Waals surface area contributed by atoms with Crippen LogP contribution in [0.25, 0.3) is 0 Å². The number of methoxy groups -OCH3 is 1. The molecule has 2 heterocycles. The summed E-state index contributed by atoms with van der Waals surface area (Å²) < 4.78 is 16.2. The Morgan fingerprint density at radius 3 is 2.96 bits per heavy atom. The maximum atomic E-state index is 12.3. The van der Waals surface area contributed by atoms with Crippen LogP contribution in [0, 0.1) is 0 Å². The molecule has 1 aliphatic rings. The average molecular weight is 358 g/mol. The number of piperidine rings is 1. The van der Waals surface area contributed by atoms with Gasteiger partial charge in [-0.3, -0.25) is 4.79 Å². The Bertz CT molecular complexity index is 686. The van der Waals surface area contributed by atoms with Crippen LogP contribution < -0.4 is 0 Å². The number of ether oxygens (including phenoxy) is 2. The first-order chi connectivity index (χ1) is 12.8. The molecule has 0 spiro atoms. The smallest absolute Gasteiger partial charge is 0.248 e. The lowest BCUT2D eigenvalue weighted by Crippen LogP contribution is -2.41. The molecule has 1 aromatic heterocycles. The third-order valence-electron chi connectivity index (χ3n) is 4.57. The Labute approximate surface area is 154 Å². The Kier molecular flexibility index (Phi) is 6.80. The molecule has 1 saturated heterocycles. The van der Waals surface area contributed by atoms with E-state index in [-0.39, 0.29) is 18.4 Å². The van der Waals surface area contributed by atoms with Gasteiger partial charge in [0.15, 0.2) is 5.89 Å². The molecule has 1 aliphatic heterocycles. The van der Waals surface area contributed by atoms with Crippen LogP contribution in [0.15, 0.2) is 40.9 Å². The Hall–Kier alpha value is -2.18. The number of nitrogens with zero attached hydrogens (tertiary/aromatic N) is 2. The minimum atomic E-state index is 0.0156. The molecule has 1 atom stereocenters. The molecular weight excluding hydrogens is 332 g/mol. The highest BCUT2D eigenvalue weighted by Gasteiger charge is 2.27. The number of likely N-dealkylation sites (tertiary alicyclic amines) is 1. The van der Waals surface area contributed by atoms with Gasteiger partial charge in [-0.1, -0.05) is 30.3 Å². The molecule has 0 N–H and O–H groups in total. The maximum Gasteiger partial charge on any atom is 0.248 e. The second-order valence-electron chi connectivity index (χ2n) is 6.55. The molecule has 26 heavy (non-hydrogen) atoms. The van der Waals surface area contributed by atoms with Gasteiger partial charge in [0.2, 0.25) is 5.91 Å². The van der Waals surface area contributed by atoms with E-state index in [1.807, 2.05) is 23.1 Å². The Morgan fingerprint density at radius 2 is 2.15 bits per heavy atom.